The topological polar surface area (TPSA) is 80.3 Å². The molecule has 0 aromatic rings. The van der Waals surface area contributed by atoms with Gasteiger partial charge in [0.2, 0.25) is 0 Å². The Balaban J connectivity index is 3.00. The van der Waals surface area contributed by atoms with Gasteiger partial charge in [0.1, 0.15) is 18.5 Å². The Labute approximate surface area is 213 Å². The van der Waals surface area contributed by atoms with Gasteiger partial charge in [-0.05, 0) is 64.4 Å². The van der Waals surface area contributed by atoms with Crippen LogP contribution in [-0.2, 0) is 33.0 Å². The Bertz CT molecular complexity index is 718. The van der Waals surface area contributed by atoms with Crippen molar-refractivity contribution in [1.29, 1.82) is 0 Å². The molecule has 0 amide bonds. The van der Waals surface area contributed by atoms with Gasteiger partial charge in [-0.25, -0.2) is 0 Å². The van der Waals surface area contributed by atoms with Gasteiger partial charge in [-0.2, -0.15) is 0 Å². The molecule has 0 saturated heterocycles. The normalized spacial score (nSPS) is 23.3. The summed E-state index contributed by atoms with van der Waals surface area (Å²) in [4.78, 5) is 24.0. The third-order valence-electron chi connectivity index (χ3n) is 6.40. The van der Waals surface area contributed by atoms with Crippen LogP contribution in [0.2, 0.25) is 18.1 Å². The Kier molecular flexibility index (Phi) is 12.5. The highest BCUT2D eigenvalue weighted by Gasteiger charge is 2.41. The van der Waals surface area contributed by atoms with Gasteiger partial charge < -0.3 is 28.2 Å². The van der Waals surface area contributed by atoms with Gasteiger partial charge in [0.25, 0.3) is 0 Å². The van der Waals surface area contributed by atoms with Crippen LogP contribution in [-0.4, -0.2) is 65.0 Å². The van der Waals surface area contributed by atoms with Crippen LogP contribution in [0, 0.1) is 11.3 Å². The Hall–Kier alpha value is -1.32. The summed E-state index contributed by atoms with van der Waals surface area (Å²) in [5.41, 5.74) is -0.629. The molecule has 1 unspecified atom stereocenters. The molecule has 0 aromatic heterocycles. The van der Waals surface area contributed by atoms with Gasteiger partial charge in [0, 0.05) is 12.5 Å². The van der Waals surface area contributed by atoms with Crippen LogP contribution in [0.1, 0.15) is 61.8 Å². The maximum absolute atomic E-state index is 12.6. The Morgan fingerprint density at radius 2 is 1.77 bits per heavy atom. The monoisotopic (exact) mass is 512 g/mol. The standard InChI is InChI=1S/C27H48O7Si/c1-11-30-17-18-31-21(20(2)19-28)13-12-14-22-23(33-25(29)26(3,4)5)15-16-24(32-22)34-35(9,10)27(6,7)8/h12,14-16,19-24H,11,13,17-18H2,1-10H3/b14-12-/t20-,21-,22-,23-,24?/m0/s1. The third-order valence-corrected chi connectivity index (χ3v) is 10.8. The smallest absolute Gasteiger partial charge is 0.311 e. The molecule has 0 bridgehead atoms. The van der Waals surface area contributed by atoms with Crippen molar-refractivity contribution in [1.82, 2.24) is 0 Å². The lowest BCUT2D eigenvalue weighted by Gasteiger charge is -2.40. The van der Waals surface area contributed by atoms with E-state index in [0.717, 1.165) is 6.29 Å². The van der Waals surface area contributed by atoms with Crippen LogP contribution >= 0.6 is 0 Å². The molecule has 35 heavy (non-hydrogen) atoms. The van der Waals surface area contributed by atoms with Crippen molar-refractivity contribution in [3.63, 3.8) is 0 Å². The van der Waals surface area contributed by atoms with Crippen molar-refractivity contribution in [2.45, 2.75) is 105 Å². The summed E-state index contributed by atoms with van der Waals surface area (Å²) in [6.45, 7) is 21.6. The Morgan fingerprint density at radius 3 is 2.31 bits per heavy atom. The SMILES string of the molecule is CCOCCO[C@@H](C/C=C\[C@@H]1OC(O[Si](C)(C)C(C)(C)C)C=C[C@@H]1OC(=O)C(C)(C)C)[C@@H](C)C=O. The molecule has 0 spiro atoms. The minimum absolute atomic E-state index is 0.0299. The van der Waals surface area contributed by atoms with Crippen LogP contribution < -0.4 is 0 Å². The fraction of sp³-hybridized carbons (Fsp3) is 0.778. The molecule has 0 aromatic carbocycles. The summed E-state index contributed by atoms with van der Waals surface area (Å²) in [5.74, 6) is -0.567. The van der Waals surface area contributed by atoms with Gasteiger partial charge >= 0.3 is 5.97 Å². The lowest BCUT2D eigenvalue weighted by Crippen LogP contribution is -2.47. The third kappa shape index (κ3) is 10.7. The molecule has 0 N–H and O–H groups in total. The average Bonchev–Trinajstić information content (AvgIpc) is 2.74. The molecule has 1 aliphatic rings. The van der Waals surface area contributed by atoms with Crippen LogP contribution in [0.5, 0.6) is 0 Å². The van der Waals surface area contributed by atoms with E-state index in [1.54, 1.807) is 0 Å². The molecule has 202 valence electrons. The second-order valence-electron chi connectivity index (χ2n) is 11.6. The first-order chi connectivity index (χ1) is 16.1. The molecule has 0 aliphatic carbocycles. The number of ether oxygens (including phenoxy) is 4. The number of aldehydes is 1. The van der Waals surface area contributed by atoms with Gasteiger partial charge in [-0.1, -0.05) is 39.8 Å². The van der Waals surface area contributed by atoms with Crippen LogP contribution in [0.25, 0.3) is 0 Å². The van der Waals surface area contributed by atoms with Crippen LogP contribution in [0.4, 0.5) is 0 Å². The first kappa shape index (κ1) is 31.7. The zero-order valence-electron chi connectivity index (χ0n) is 23.5. The van der Waals surface area contributed by atoms with E-state index in [9.17, 15) is 9.59 Å². The van der Waals surface area contributed by atoms with Crippen molar-refractivity contribution < 1.29 is 33.0 Å². The maximum Gasteiger partial charge on any atom is 0.311 e. The summed E-state index contributed by atoms with van der Waals surface area (Å²) in [5, 5.41) is 0.0299. The highest BCUT2D eigenvalue weighted by molar-refractivity contribution is 6.74. The Morgan fingerprint density at radius 1 is 1.11 bits per heavy atom. The van der Waals surface area contributed by atoms with E-state index in [4.69, 9.17) is 23.4 Å². The van der Waals surface area contributed by atoms with E-state index in [1.807, 2.05) is 58.9 Å². The summed E-state index contributed by atoms with van der Waals surface area (Å²) >= 11 is 0. The van der Waals surface area contributed by atoms with Gasteiger partial charge in [-0.3, -0.25) is 4.79 Å². The number of hydrogen-bond acceptors (Lipinski definition) is 7. The minimum atomic E-state index is -2.08. The summed E-state index contributed by atoms with van der Waals surface area (Å²) in [7, 11) is -2.08. The zero-order valence-corrected chi connectivity index (χ0v) is 24.5. The minimum Gasteiger partial charge on any atom is -0.455 e. The van der Waals surface area contributed by atoms with Crippen LogP contribution in [0.15, 0.2) is 24.3 Å². The zero-order chi connectivity index (χ0) is 26.9. The highest BCUT2D eigenvalue weighted by atomic mass is 28.4. The molecule has 1 rings (SSSR count). The van der Waals surface area contributed by atoms with E-state index >= 15 is 0 Å². The summed E-state index contributed by atoms with van der Waals surface area (Å²) < 4.78 is 29.7. The molecule has 7 nitrogen and oxygen atoms in total. The molecule has 0 radical (unpaired) electrons. The number of esters is 1. The summed E-state index contributed by atoms with van der Waals surface area (Å²) in [6.07, 6.45) is 7.01. The largest absolute Gasteiger partial charge is 0.455 e. The van der Waals surface area contributed by atoms with E-state index < -0.39 is 32.2 Å². The number of carbonyl (C=O) groups is 2. The lowest BCUT2D eigenvalue weighted by molar-refractivity contribution is -0.171. The molecule has 1 aliphatic heterocycles. The van der Waals surface area contributed by atoms with Crippen molar-refractivity contribution in [3.8, 4) is 0 Å². The molecule has 0 fully saturated rings. The molecular weight excluding hydrogens is 464 g/mol. The van der Waals surface area contributed by atoms with Crippen LogP contribution in [0.3, 0.4) is 0 Å². The van der Waals surface area contributed by atoms with Crippen molar-refractivity contribution in [3.05, 3.63) is 24.3 Å². The number of hydrogen-bond donors (Lipinski definition) is 0. The fourth-order valence-electron chi connectivity index (χ4n) is 2.95. The van der Waals surface area contributed by atoms with E-state index in [2.05, 4.69) is 33.9 Å². The van der Waals surface area contributed by atoms with Crippen molar-refractivity contribution in [2.24, 2.45) is 11.3 Å². The predicted molar refractivity (Wildman–Crippen MR) is 141 cm³/mol. The van der Waals surface area contributed by atoms with Crippen molar-refractivity contribution >= 4 is 20.6 Å². The van der Waals surface area contributed by atoms with E-state index in [0.29, 0.717) is 26.2 Å². The lowest BCUT2D eigenvalue weighted by atomic mass is 9.97. The molecular formula is C27H48O7Si. The second kappa shape index (κ2) is 13.8. The second-order valence-corrected chi connectivity index (χ2v) is 16.4. The van der Waals surface area contributed by atoms with Crippen molar-refractivity contribution in [2.75, 3.05) is 19.8 Å². The molecule has 8 heteroatoms. The van der Waals surface area contributed by atoms with Gasteiger partial charge in [0.05, 0.1) is 24.7 Å². The van der Waals surface area contributed by atoms with E-state index in [1.165, 1.54) is 0 Å². The van der Waals surface area contributed by atoms with Gasteiger partial charge in [-0.15, -0.1) is 0 Å². The number of rotatable bonds is 13. The van der Waals surface area contributed by atoms with E-state index in [-0.39, 0.29) is 23.0 Å². The first-order valence-electron chi connectivity index (χ1n) is 12.7. The molecule has 1 heterocycles. The predicted octanol–water partition coefficient (Wildman–Crippen LogP) is 5.45. The molecule has 5 atom stereocenters. The number of carbonyl (C=O) groups excluding carboxylic acids is 2. The quantitative estimate of drug-likeness (QED) is 0.107. The maximum atomic E-state index is 12.6. The average molecular weight is 513 g/mol. The summed E-state index contributed by atoms with van der Waals surface area (Å²) in [6, 6.07) is 0. The molecule has 0 saturated carbocycles. The van der Waals surface area contributed by atoms with Gasteiger partial charge in [0.15, 0.2) is 14.6 Å². The highest BCUT2D eigenvalue weighted by Crippen LogP contribution is 2.38. The first-order valence-corrected chi connectivity index (χ1v) is 15.6. The fourth-order valence-corrected chi connectivity index (χ4v) is 4.02.